The van der Waals surface area contributed by atoms with E-state index in [0.717, 1.165) is 11.1 Å². The lowest BCUT2D eigenvalue weighted by atomic mass is 10.1. The van der Waals surface area contributed by atoms with Crippen LogP contribution in [0.1, 0.15) is 21.5 Å². The molecule has 0 saturated heterocycles. The number of halogens is 1. The molecule has 0 atom stereocenters. The van der Waals surface area contributed by atoms with Crippen LogP contribution < -0.4 is 11.1 Å². The summed E-state index contributed by atoms with van der Waals surface area (Å²) >= 11 is 6.03. The molecule has 3 N–H and O–H groups in total. The van der Waals surface area contributed by atoms with Crippen LogP contribution in [0.4, 0.5) is 5.69 Å². The van der Waals surface area contributed by atoms with Crippen molar-refractivity contribution in [3.8, 4) is 0 Å². The maximum atomic E-state index is 11.8. The number of nitrogens with two attached hydrogens (primary N) is 1. The molecule has 5 heteroatoms. The van der Waals surface area contributed by atoms with Crippen LogP contribution in [-0.4, -0.2) is 11.8 Å². The number of hydrogen-bond donors (Lipinski definition) is 2. The summed E-state index contributed by atoms with van der Waals surface area (Å²) in [7, 11) is 0. The van der Waals surface area contributed by atoms with Crippen LogP contribution >= 0.6 is 11.6 Å². The second-order valence-corrected chi connectivity index (χ2v) is 5.18. The number of nitrogens with one attached hydrogen (secondary N) is 1. The van der Waals surface area contributed by atoms with Gasteiger partial charge in [-0.25, -0.2) is 0 Å². The van der Waals surface area contributed by atoms with Crippen molar-refractivity contribution in [1.29, 1.82) is 0 Å². The van der Waals surface area contributed by atoms with Crippen LogP contribution in [0, 0.1) is 6.92 Å². The van der Waals surface area contributed by atoms with Gasteiger partial charge in [0.1, 0.15) is 0 Å². The van der Waals surface area contributed by atoms with Gasteiger partial charge >= 0.3 is 0 Å². The van der Waals surface area contributed by atoms with Crippen molar-refractivity contribution >= 4 is 35.2 Å². The second kappa shape index (κ2) is 6.91. The first kappa shape index (κ1) is 15.8. The largest absolute Gasteiger partial charge is 0.366 e. The Morgan fingerprint density at radius 3 is 2.41 bits per heavy atom. The number of rotatable bonds is 4. The third kappa shape index (κ3) is 4.20. The molecule has 0 aliphatic carbocycles. The molecule has 2 rings (SSSR count). The lowest BCUT2D eigenvalue weighted by Crippen LogP contribution is -2.11. The quantitative estimate of drug-likeness (QED) is 0.849. The van der Waals surface area contributed by atoms with E-state index < -0.39 is 5.91 Å². The Balaban J connectivity index is 2.01. The van der Waals surface area contributed by atoms with Gasteiger partial charge in [0.15, 0.2) is 0 Å². The summed E-state index contributed by atoms with van der Waals surface area (Å²) in [6.45, 7) is 1.91. The number of primary amides is 1. The van der Waals surface area contributed by atoms with Gasteiger partial charge < -0.3 is 11.1 Å². The molecule has 0 aromatic heterocycles. The monoisotopic (exact) mass is 314 g/mol. The molecular formula is C17H15ClN2O2. The normalized spacial score (nSPS) is 10.6. The average molecular weight is 315 g/mol. The smallest absolute Gasteiger partial charge is 0.248 e. The van der Waals surface area contributed by atoms with Crippen molar-refractivity contribution in [2.24, 2.45) is 5.73 Å². The summed E-state index contributed by atoms with van der Waals surface area (Å²) in [5.74, 6) is -0.780. The highest BCUT2D eigenvalue weighted by Gasteiger charge is 2.02. The number of aryl methyl sites for hydroxylation is 1. The Labute approximate surface area is 133 Å². The molecule has 0 radical (unpaired) electrons. The Hall–Kier alpha value is -2.59. The Morgan fingerprint density at radius 1 is 1.14 bits per heavy atom. The maximum Gasteiger partial charge on any atom is 0.248 e. The molecular weight excluding hydrogens is 300 g/mol. The minimum atomic E-state index is -0.506. The molecule has 0 fully saturated rings. The number of carbonyl (C=O) groups is 2. The molecule has 2 aromatic rings. The summed E-state index contributed by atoms with van der Waals surface area (Å²) in [6.07, 6.45) is 3.10. The van der Waals surface area contributed by atoms with Gasteiger partial charge in [-0.1, -0.05) is 23.7 Å². The van der Waals surface area contributed by atoms with Gasteiger partial charge in [0, 0.05) is 22.3 Å². The Kier molecular flexibility index (Phi) is 4.96. The van der Waals surface area contributed by atoms with Crippen molar-refractivity contribution in [3.05, 3.63) is 70.3 Å². The molecule has 0 bridgehead atoms. The zero-order valence-electron chi connectivity index (χ0n) is 12.0. The minimum absolute atomic E-state index is 0.275. The van der Waals surface area contributed by atoms with Gasteiger partial charge in [0.2, 0.25) is 11.8 Å². The Bertz CT molecular complexity index is 737. The minimum Gasteiger partial charge on any atom is -0.366 e. The van der Waals surface area contributed by atoms with Crippen molar-refractivity contribution in [2.45, 2.75) is 6.92 Å². The first-order valence-corrected chi connectivity index (χ1v) is 6.98. The third-order valence-electron chi connectivity index (χ3n) is 3.06. The summed E-state index contributed by atoms with van der Waals surface area (Å²) in [6, 6.07) is 11.9. The molecule has 0 saturated carbocycles. The molecule has 0 heterocycles. The van der Waals surface area contributed by atoms with E-state index in [1.165, 1.54) is 6.08 Å². The third-order valence-corrected chi connectivity index (χ3v) is 3.47. The fourth-order valence-corrected chi connectivity index (χ4v) is 1.98. The fraction of sp³-hybridized carbons (Fsp3) is 0.0588. The first-order chi connectivity index (χ1) is 10.5. The molecule has 22 heavy (non-hydrogen) atoms. The van der Waals surface area contributed by atoms with Gasteiger partial charge in [-0.15, -0.1) is 0 Å². The van der Waals surface area contributed by atoms with Gasteiger partial charge in [-0.2, -0.15) is 0 Å². The van der Waals surface area contributed by atoms with E-state index in [1.807, 2.05) is 19.1 Å². The number of benzene rings is 2. The highest BCUT2D eigenvalue weighted by Crippen LogP contribution is 2.17. The molecule has 2 aromatic carbocycles. The highest BCUT2D eigenvalue weighted by molar-refractivity contribution is 6.31. The summed E-state index contributed by atoms with van der Waals surface area (Å²) in [5.41, 5.74) is 7.95. The van der Waals surface area contributed by atoms with E-state index >= 15 is 0 Å². The fourth-order valence-electron chi connectivity index (χ4n) is 1.79. The maximum absolute atomic E-state index is 11.8. The predicted octanol–water partition coefficient (Wildman–Crippen LogP) is 3.40. The predicted molar refractivity (Wildman–Crippen MR) is 88.8 cm³/mol. The molecule has 0 aliphatic heterocycles. The molecule has 0 unspecified atom stereocenters. The molecule has 4 nitrogen and oxygen atoms in total. The number of amides is 2. The molecule has 0 spiro atoms. The SMILES string of the molecule is Cc1ccc(/C=C/C(=O)Nc2ccc(C(N)=O)cc2)cc1Cl. The molecule has 0 aliphatic rings. The van der Waals surface area contributed by atoms with E-state index in [-0.39, 0.29) is 5.91 Å². The van der Waals surface area contributed by atoms with Gasteiger partial charge in [-0.3, -0.25) is 9.59 Å². The summed E-state index contributed by atoms with van der Waals surface area (Å²) in [4.78, 5) is 22.8. The van der Waals surface area contributed by atoms with Crippen molar-refractivity contribution < 1.29 is 9.59 Å². The lowest BCUT2D eigenvalue weighted by molar-refractivity contribution is -0.111. The van der Waals surface area contributed by atoms with E-state index in [0.29, 0.717) is 16.3 Å². The topological polar surface area (TPSA) is 72.2 Å². The second-order valence-electron chi connectivity index (χ2n) is 4.77. The van der Waals surface area contributed by atoms with Crippen LogP contribution in [-0.2, 0) is 4.79 Å². The molecule has 2 amide bonds. The standard InChI is InChI=1S/C17H15ClN2O2/c1-11-2-3-12(10-15(11)18)4-9-16(21)20-14-7-5-13(6-8-14)17(19)22/h2-10H,1H3,(H2,19,22)(H,20,21)/b9-4+. The van der Waals surface area contributed by atoms with E-state index in [2.05, 4.69) is 5.32 Å². The number of anilines is 1. The first-order valence-electron chi connectivity index (χ1n) is 6.61. The van der Waals surface area contributed by atoms with Crippen molar-refractivity contribution in [1.82, 2.24) is 0 Å². The van der Waals surface area contributed by atoms with Crippen LogP contribution in [0.2, 0.25) is 5.02 Å². The van der Waals surface area contributed by atoms with Gasteiger partial charge in [-0.05, 0) is 54.5 Å². The van der Waals surface area contributed by atoms with Crippen LogP contribution in [0.15, 0.2) is 48.5 Å². The molecule has 112 valence electrons. The highest BCUT2D eigenvalue weighted by atomic mass is 35.5. The summed E-state index contributed by atoms with van der Waals surface area (Å²) < 4.78 is 0. The number of carbonyl (C=O) groups excluding carboxylic acids is 2. The van der Waals surface area contributed by atoms with Gasteiger partial charge in [0.05, 0.1) is 0 Å². The summed E-state index contributed by atoms with van der Waals surface area (Å²) in [5, 5.41) is 3.35. The zero-order valence-corrected chi connectivity index (χ0v) is 12.7. The lowest BCUT2D eigenvalue weighted by Gasteiger charge is -2.03. The van der Waals surface area contributed by atoms with E-state index in [9.17, 15) is 9.59 Å². The van der Waals surface area contributed by atoms with Crippen LogP contribution in [0.3, 0.4) is 0 Å². The van der Waals surface area contributed by atoms with Crippen molar-refractivity contribution in [3.63, 3.8) is 0 Å². The Morgan fingerprint density at radius 2 is 1.82 bits per heavy atom. The van der Waals surface area contributed by atoms with Crippen LogP contribution in [0.5, 0.6) is 0 Å². The van der Waals surface area contributed by atoms with Crippen molar-refractivity contribution in [2.75, 3.05) is 5.32 Å². The van der Waals surface area contributed by atoms with Gasteiger partial charge in [0.25, 0.3) is 0 Å². The zero-order chi connectivity index (χ0) is 16.1. The van der Waals surface area contributed by atoms with E-state index in [4.69, 9.17) is 17.3 Å². The van der Waals surface area contributed by atoms with Crippen LogP contribution in [0.25, 0.3) is 6.08 Å². The number of hydrogen-bond acceptors (Lipinski definition) is 2. The average Bonchev–Trinajstić information content (AvgIpc) is 2.49. The van der Waals surface area contributed by atoms with E-state index in [1.54, 1.807) is 36.4 Å².